The van der Waals surface area contributed by atoms with Crippen molar-refractivity contribution < 1.29 is 4.74 Å². The molecule has 0 saturated carbocycles. The number of ether oxygens (including phenoxy) is 1. The lowest BCUT2D eigenvalue weighted by Gasteiger charge is -2.18. The molecule has 0 aliphatic carbocycles. The molecule has 3 rings (SSSR count). The molecule has 0 spiro atoms. The molecule has 24 heavy (non-hydrogen) atoms. The standard InChI is InChI=1S/C20H21N3O/c1-20(2,3)13-19(23-15-21-14-22-23)24-18-12-8-7-11-17(18)16-9-5-4-6-10-16/h4-15H,1-3H3/b19-13-. The highest BCUT2D eigenvalue weighted by Crippen LogP contribution is 2.32. The summed E-state index contributed by atoms with van der Waals surface area (Å²) >= 11 is 0. The second kappa shape index (κ2) is 6.71. The van der Waals surface area contributed by atoms with Crippen molar-refractivity contribution >= 4 is 5.88 Å². The average molecular weight is 319 g/mol. The first kappa shape index (κ1) is 16.0. The number of hydrogen-bond acceptors (Lipinski definition) is 3. The van der Waals surface area contributed by atoms with E-state index >= 15 is 0 Å². The van der Waals surface area contributed by atoms with Gasteiger partial charge in [0.25, 0.3) is 0 Å². The van der Waals surface area contributed by atoms with Crippen LogP contribution in [0.15, 0.2) is 73.3 Å². The van der Waals surface area contributed by atoms with E-state index in [2.05, 4.69) is 49.1 Å². The topological polar surface area (TPSA) is 39.9 Å². The van der Waals surface area contributed by atoms with Gasteiger partial charge < -0.3 is 4.74 Å². The Morgan fingerprint density at radius 2 is 1.71 bits per heavy atom. The second-order valence-electron chi connectivity index (χ2n) is 6.65. The highest BCUT2D eigenvalue weighted by molar-refractivity contribution is 5.71. The van der Waals surface area contributed by atoms with E-state index in [0.29, 0.717) is 5.88 Å². The van der Waals surface area contributed by atoms with E-state index in [1.807, 2.05) is 42.5 Å². The minimum atomic E-state index is -0.0526. The Balaban J connectivity index is 2.02. The molecular formula is C20H21N3O. The van der Waals surface area contributed by atoms with E-state index < -0.39 is 0 Å². The largest absolute Gasteiger partial charge is 0.439 e. The molecule has 0 unspecified atom stereocenters. The van der Waals surface area contributed by atoms with Gasteiger partial charge in [-0.1, -0.05) is 69.3 Å². The van der Waals surface area contributed by atoms with Crippen LogP contribution in [0.5, 0.6) is 5.75 Å². The van der Waals surface area contributed by atoms with Crippen molar-refractivity contribution in [2.24, 2.45) is 5.41 Å². The van der Waals surface area contributed by atoms with Gasteiger partial charge in [-0.3, -0.25) is 0 Å². The number of benzene rings is 2. The van der Waals surface area contributed by atoms with Crippen molar-refractivity contribution in [3.63, 3.8) is 0 Å². The van der Waals surface area contributed by atoms with Gasteiger partial charge in [-0.25, -0.2) is 4.98 Å². The van der Waals surface area contributed by atoms with Crippen molar-refractivity contribution in [3.8, 4) is 16.9 Å². The van der Waals surface area contributed by atoms with Crippen molar-refractivity contribution in [2.75, 3.05) is 0 Å². The van der Waals surface area contributed by atoms with Gasteiger partial charge >= 0.3 is 0 Å². The first-order valence-corrected chi connectivity index (χ1v) is 7.93. The number of aromatic nitrogens is 3. The number of para-hydroxylation sites is 1. The van der Waals surface area contributed by atoms with Crippen molar-refractivity contribution in [3.05, 3.63) is 73.3 Å². The maximum absolute atomic E-state index is 6.24. The zero-order chi connectivity index (χ0) is 17.0. The molecule has 0 bridgehead atoms. The van der Waals surface area contributed by atoms with Gasteiger partial charge in [0.05, 0.1) is 0 Å². The van der Waals surface area contributed by atoms with Gasteiger partial charge in [0, 0.05) is 5.56 Å². The van der Waals surface area contributed by atoms with Gasteiger partial charge in [0.15, 0.2) is 0 Å². The smallest absolute Gasteiger partial charge is 0.218 e. The van der Waals surface area contributed by atoms with Crippen molar-refractivity contribution in [1.82, 2.24) is 14.8 Å². The minimum Gasteiger partial charge on any atom is -0.439 e. The molecule has 122 valence electrons. The molecule has 4 nitrogen and oxygen atoms in total. The van der Waals surface area contributed by atoms with Crippen LogP contribution >= 0.6 is 0 Å². The van der Waals surface area contributed by atoms with Crippen LogP contribution in [0.25, 0.3) is 17.0 Å². The van der Waals surface area contributed by atoms with Crippen molar-refractivity contribution in [1.29, 1.82) is 0 Å². The summed E-state index contributed by atoms with van der Waals surface area (Å²) in [6.45, 7) is 6.36. The zero-order valence-electron chi connectivity index (χ0n) is 14.2. The predicted molar refractivity (Wildman–Crippen MR) is 96.3 cm³/mol. The minimum absolute atomic E-state index is 0.0526. The Morgan fingerprint density at radius 1 is 1.00 bits per heavy atom. The van der Waals surface area contributed by atoms with E-state index in [-0.39, 0.29) is 5.41 Å². The monoisotopic (exact) mass is 319 g/mol. The van der Waals surface area contributed by atoms with Crippen LogP contribution in [-0.4, -0.2) is 14.8 Å². The molecule has 0 aliphatic heterocycles. The van der Waals surface area contributed by atoms with Crippen molar-refractivity contribution in [2.45, 2.75) is 20.8 Å². The molecule has 3 aromatic rings. The third-order valence-corrected chi connectivity index (χ3v) is 3.39. The van der Waals surface area contributed by atoms with E-state index in [1.165, 1.54) is 6.33 Å². The predicted octanol–water partition coefficient (Wildman–Crippen LogP) is 4.87. The maximum Gasteiger partial charge on any atom is 0.218 e. The first-order valence-electron chi connectivity index (χ1n) is 7.93. The summed E-state index contributed by atoms with van der Waals surface area (Å²) in [5.74, 6) is 1.43. The molecular weight excluding hydrogens is 298 g/mol. The fraction of sp³-hybridized carbons (Fsp3) is 0.200. The van der Waals surface area contributed by atoms with Gasteiger partial charge in [0.2, 0.25) is 5.88 Å². The molecule has 2 aromatic carbocycles. The second-order valence-corrected chi connectivity index (χ2v) is 6.65. The highest BCUT2D eigenvalue weighted by Gasteiger charge is 2.15. The van der Waals surface area contributed by atoms with Crippen LogP contribution < -0.4 is 4.74 Å². The zero-order valence-corrected chi connectivity index (χ0v) is 14.2. The van der Waals surface area contributed by atoms with Crippen LogP contribution in [0, 0.1) is 5.41 Å². The Morgan fingerprint density at radius 3 is 2.38 bits per heavy atom. The summed E-state index contributed by atoms with van der Waals surface area (Å²) in [5.41, 5.74) is 2.10. The summed E-state index contributed by atoms with van der Waals surface area (Å²) in [6.07, 6.45) is 5.19. The van der Waals surface area contributed by atoms with Crippen LogP contribution in [0.1, 0.15) is 20.8 Å². The third kappa shape index (κ3) is 3.90. The van der Waals surface area contributed by atoms with Gasteiger partial charge in [-0.15, -0.1) is 0 Å². The number of rotatable bonds is 4. The maximum atomic E-state index is 6.24. The quantitative estimate of drug-likeness (QED) is 0.644. The summed E-state index contributed by atoms with van der Waals surface area (Å²) in [6, 6.07) is 18.2. The van der Waals surface area contributed by atoms with Crippen LogP contribution in [0.2, 0.25) is 0 Å². The lowest BCUT2D eigenvalue weighted by atomic mass is 9.97. The summed E-state index contributed by atoms with van der Waals surface area (Å²) in [5, 5.41) is 4.21. The van der Waals surface area contributed by atoms with Crippen LogP contribution in [0.4, 0.5) is 0 Å². The molecule has 0 atom stereocenters. The molecule has 0 fully saturated rings. The highest BCUT2D eigenvalue weighted by atomic mass is 16.5. The van der Waals surface area contributed by atoms with E-state index in [0.717, 1.165) is 16.9 Å². The molecule has 0 amide bonds. The molecule has 1 heterocycles. The Hall–Kier alpha value is -2.88. The molecule has 0 N–H and O–H groups in total. The Kier molecular flexibility index (Phi) is 4.47. The fourth-order valence-electron chi connectivity index (χ4n) is 2.36. The number of nitrogens with zero attached hydrogens (tertiary/aromatic N) is 3. The molecule has 0 aliphatic rings. The van der Waals surface area contributed by atoms with Gasteiger partial charge in [-0.2, -0.15) is 9.78 Å². The summed E-state index contributed by atoms with van der Waals surface area (Å²) in [4.78, 5) is 4.03. The third-order valence-electron chi connectivity index (χ3n) is 3.39. The summed E-state index contributed by atoms with van der Waals surface area (Å²) in [7, 11) is 0. The SMILES string of the molecule is CC(C)(C)/C=C(\Oc1ccccc1-c1ccccc1)n1cncn1. The fourth-order valence-corrected chi connectivity index (χ4v) is 2.36. The van der Waals surface area contributed by atoms with Crippen LogP contribution in [0.3, 0.4) is 0 Å². The van der Waals surface area contributed by atoms with E-state index in [9.17, 15) is 0 Å². The normalized spacial score (nSPS) is 12.2. The summed E-state index contributed by atoms with van der Waals surface area (Å²) < 4.78 is 7.89. The van der Waals surface area contributed by atoms with Gasteiger partial charge in [-0.05, 0) is 23.1 Å². The molecule has 0 saturated heterocycles. The molecule has 0 radical (unpaired) electrons. The Bertz CT molecular complexity index is 816. The van der Waals surface area contributed by atoms with E-state index in [4.69, 9.17) is 4.74 Å². The van der Waals surface area contributed by atoms with Gasteiger partial charge in [0.1, 0.15) is 18.4 Å². The Labute approximate surface area is 142 Å². The lowest BCUT2D eigenvalue weighted by Crippen LogP contribution is -2.11. The first-order chi connectivity index (χ1) is 11.5. The lowest BCUT2D eigenvalue weighted by molar-refractivity contribution is 0.444. The number of allylic oxidation sites excluding steroid dienone is 1. The van der Waals surface area contributed by atoms with E-state index in [1.54, 1.807) is 11.0 Å². The molecule has 1 aromatic heterocycles. The van der Waals surface area contributed by atoms with Crippen LogP contribution in [-0.2, 0) is 0 Å². The molecule has 4 heteroatoms. The average Bonchev–Trinajstić information content (AvgIpc) is 3.09. The number of hydrogen-bond donors (Lipinski definition) is 0.